The highest BCUT2D eigenvalue weighted by Crippen LogP contribution is 2.28. The summed E-state index contributed by atoms with van der Waals surface area (Å²) in [6, 6.07) is 1.50. The fourth-order valence-corrected chi connectivity index (χ4v) is 1.21. The summed E-state index contributed by atoms with van der Waals surface area (Å²) >= 11 is 0. The van der Waals surface area contributed by atoms with E-state index in [2.05, 4.69) is 4.98 Å². The molecule has 0 bridgehead atoms. The Bertz CT molecular complexity index is 470. The van der Waals surface area contributed by atoms with Gasteiger partial charge in [0.1, 0.15) is 23.5 Å². The highest BCUT2D eigenvalue weighted by atomic mass is 19.3. The largest absolute Gasteiger partial charge is 0.326 e. The first-order chi connectivity index (χ1) is 7.52. The molecule has 0 fully saturated rings. The van der Waals surface area contributed by atoms with Gasteiger partial charge in [0.25, 0.3) is 6.43 Å². The molecule has 16 heavy (non-hydrogen) atoms. The highest BCUT2D eigenvalue weighted by molar-refractivity contribution is 5.53. The van der Waals surface area contributed by atoms with Crippen LogP contribution in [0.1, 0.15) is 23.2 Å². The number of alkyl halides is 2. The van der Waals surface area contributed by atoms with Crippen LogP contribution < -0.4 is 5.73 Å². The molecule has 0 aliphatic heterocycles. The Kier molecular flexibility index (Phi) is 3.42. The van der Waals surface area contributed by atoms with E-state index in [1.165, 1.54) is 6.07 Å². The molecular weight excluding hydrogens is 222 g/mol. The second-order valence-corrected chi connectivity index (χ2v) is 2.76. The Morgan fingerprint density at radius 2 is 2.31 bits per heavy atom. The zero-order valence-corrected chi connectivity index (χ0v) is 7.85. The van der Waals surface area contributed by atoms with Crippen LogP contribution >= 0.6 is 0 Å². The lowest BCUT2D eigenvalue weighted by molar-refractivity contribution is -0.385. The molecule has 84 valence electrons. The van der Waals surface area contributed by atoms with Crippen LogP contribution in [0.15, 0.2) is 6.20 Å². The first-order valence-corrected chi connectivity index (χ1v) is 4.07. The second-order valence-electron chi connectivity index (χ2n) is 2.76. The van der Waals surface area contributed by atoms with Crippen molar-refractivity contribution in [1.29, 1.82) is 5.26 Å². The summed E-state index contributed by atoms with van der Waals surface area (Å²) in [5.74, 6) is 0. The zero-order valence-electron chi connectivity index (χ0n) is 7.85. The summed E-state index contributed by atoms with van der Waals surface area (Å²) in [4.78, 5) is 12.9. The molecule has 1 rings (SSSR count). The molecule has 0 saturated carbocycles. The van der Waals surface area contributed by atoms with E-state index in [0.29, 0.717) is 6.20 Å². The van der Waals surface area contributed by atoms with E-state index >= 15 is 0 Å². The summed E-state index contributed by atoms with van der Waals surface area (Å²) in [5.41, 5.74) is 3.13. The minimum atomic E-state index is -2.92. The van der Waals surface area contributed by atoms with Crippen molar-refractivity contribution in [2.24, 2.45) is 5.73 Å². The van der Waals surface area contributed by atoms with Crippen LogP contribution in [0.25, 0.3) is 0 Å². The Hall–Kier alpha value is -2.14. The summed E-state index contributed by atoms with van der Waals surface area (Å²) in [5, 5.41) is 19.2. The van der Waals surface area contributed by atoms with Gasteiger partial charge in [0.2, 0.25) is 0 Å². The lowest BCUT2D eigenvalue weighted by Gasteiger charge is -2.07. The molecule has 0 amide bonds. The van der Waals surface area contributed by atoms with Gasteiger partial charge in [0.15, 0.2) is 0 Å². The molecule has 6 nitrogen and oxygen atoms in total. The lowest BCUT2D eigenvalue weighted by atomic mass is 10.1. The highest BCUT2D eigenvalue weighted by Gasteiger charge is 2.24. The van der Waals surface area contributed by atoms with Crippen LogP contribution in [0, 0.1) is 21.4 Å². The number of nitro groups is 1. The average Bonchev–Trinajstić information content (AvgIpc) is 2.26. The van der Waals surface area contributed by atoms with E-state index in [4.69, 9.17) is 11.0 Å². The summed E-state index contributed by atoms with van der Waals surface area (Å²) in [6.45, 7) is -0.406. The number of rotatable bonds is 3. The van der Waals surface area contributed by atoms with Crippen LogP contribution in [0.5, 0.6) is 0 Å². The maximum absolute atomic E-state index is 12.5. The Morgan fingerprint density at radius 3 is 2.69 bits per heavy atom. The van der Waals surface area contributed by atoms with Crippen molar-refractivity contribution in [3.8, 4) is 6.07 Å². The van der Waals surface area contributed by atoms with Crippen LogP contribution in [-0.2, 0) is 6.54 Å². The van der Waals surface area contributed by atoms with Gasteiger partial charge in [0.05, 0.1) is 4.92 Å². The van der Waals surface area contributed by atoms with Crippen LogP contribution in [0.2, 0.25) is 0 Å². The van der Waals surface area contributed by atoms with Crippen LogP contribution in [0.4, 0.5) is 14.5 Å². The van der Waals surface area contributed by atoms with Gasteiger partial charge in [-0.05, 0) is 0 Å². The number of nitrogens with zero attached hydrogens (tertiary/aromatic N) is 3. The minimum Gasteiger partial charge on any atom is -0.326 e. The topological polar surface area (TPSA) is 106 Å². The predicted octanol–water partition coefficient (Wildman–Crippen LogP) is 1.26. The Labute approximate surface area is 88.5 Å². The zero-order chi connectivity index (χ0) is 12.3. The Balaban J connectivity index is 3.54. The van der Waals surface area contributed by atoms with Crippen molar-refractivity contribution >= 4 is 5.69 Å². The SMILES string of the molecule is N#Cc1c([N+](=O)[O-])cnc(C(F)F)c1CN. The van der Waals surface area contributed by atoms with Crippen LogP contribution in [-0.4, -0.2) is 9.91 Å². The molecule has 0 unspecified atom stereocenters. The molecule has 0 aromatic carbocycles. The van der Waals surface area contributed by atoms with Gasteiger partial charge in [0, 0.05) is 12.1 Å². The summed E-state index contributed by atoms with van der Waals surface area (Å²) in [7, 11) is 0. The maximum atomic E-state index is 12.5. The third-order valence-corrected chi connectivity index (χ3v) is 1.91. The smallest absolute Gasteiger partial charge is 0.305 e. The molecule has 2 N–H and O–H groups in total. The van der Waals surface area contributed by atoms with Crippen molar-refractivity contribution in [2.45, 2.75) is 13.0 Å². The van der Waals surface area contributed by atoms with Crippen molar-refractivity contribution in [2.75, 3.05) is 0 Å². The number of pyridine rings is 1. The fraction of sp³-hybridized carbons (Fsp3) is 0.250. The third-order valence-electron chi connectivity index (χ3n) is 1.91. The van der Waals surface area contributed by atoms with Crippen molar-refractivity contribution < 1.29 is 13.7 Å². The van der Waals surface area contributed by atoms with Gasteiger partial charge < -0.3 is 5.73 Å². The number of nitriles is 1. The van der Waals surface area contributed by atoms with E-state index < -0.39 is 34.8 Å². The van der Waals surface area contributed by atoms with Crippen LogP contribution in [0.3, 0.4) is 0 Å². The monoisotopic (exact) mass is 228 g/mol. The average molecular weight is 228 g/mol. The number of hydrogen-bond acceptors (Lipinski definition) is 5. The minimum absolute atomic E-state index is 0.285. The van der Waals surface area contributed by atoms with Crippen molar-refractivity contribution in [3.05, 3.63) is 33.1 Å². The first-order valence-electron chi connectivity index (χ1n) is 4.07. The third kappa shape index (κ3) is 1.94. The Morgan fingerprint density at radius 1 is 1.69 bits per heavy atom. The molecule has 8 heteroatoms. The van der Waals surface area contributed by atoms with Gasteiger partial charge in [-0.1, -0.05) is 0 Å². The van der Waals surface area contributed by atoms with E-state index in [1.807, 2.05) is 0 Å². The quantitative estimate of drug-likeness (QED) is 0.619. The maximum Gasteiger partial charge on any atom is 0.305 e. The van der Waals surface area contributed by atoms with Gasteiger partial charge in [-0.3, -0.25) is 10.1 Å². The molecule has 0 atom stereocenters. The molecule has 0 aliphatic rings. The van der Waals surface area contributed by atoms with Gasteiger partial charge in [-0.2, -0.15) is 5.26 Å². The molecule has 0 aliphatic carbocycles. The summed E-state index contributed by atoms with van der Waals surface area (Å²) < 4.78 is 24.9. The molecule has 0 saturated heterocycles. The van der Waals surface area contributed by atoms with Crippen molar-refractivity contribution in [3.63, 3.8) is 0 Å². The summed E-state index contributed by atoms with van der Waals surface area (Å²) in [6.07, 6.45) is -2.29. The van der Waals surface area contributed by atoms with Gasteiger partial charge in [-0.25, -0.2) is 13.8 Å². The lowest BCUT2D eigenvalue weighted by Crippen LogP contribution is -2.09. The van der Waals surface area contributed by atoms with Gasteiger partial charge in [-0.15, -0.1) is 0 Å². The van der Waals surface area contributed by atoms with E-state index in [9.17, 15) is 18.9 Å². The number of aromatic nitrogens is 1. The molecule has 1 heterocycles. The fourth-order valence-electron chi connectivity index (χ4n) is 1.21. The van der Waals surface area contributed by atoms with E-state index in [1.54, 1.807) is 0 Å². The van der Waals surface area contributed by atoms with Gasteiger partial charge >= 0.3 is 5.69 Å². The molecule has 0 spiro atoms. The number of halogens is 2. The van der Waals surface area contributed by atoms with Crippen molar-refractivity contribution in [1.82, 2.24) is 4.98 Å². The first kappa shape index (κ1) is 11.9. The molecule has 1 aromatic rings. The number of nitrogens with two attached hydrogens (primary N) is 1. The molecule has 1 aromatic heterocycles. The predicted molar refractivity (Wildman–Crippen MR) is 48.5 cm³/mol. The normalized spacial score (nSPS) is 10.2. The molecular formula is C8H6F2N4O2. The molecule has 0 radical (unpaired) electrons. The van der Waals surface area contributed by atoms with E-state index in [0.717, 1.165) is 0 Å². The number of hydrogen-bond donors (Lipinski definition) is 1. The second kappa shape index (κ2) is 4.59. The standard InChI is InChI=1S/C8H6F2N4O2/c9-8(10)7-5(2-12)4(1-11)6(3-13-7)14(15)16/h3,8H,2,12H2. The van der Waals surface area contributed by atoms with E-state index in [-0.39, 0.29) is 5.56 Å².